The number of hydrogen-bond donors (Lipinski definition) is 0. The third-order valence-electron chi connectivity index (χ3n) is 3.68. The molecule has 0 bridgehead atoms. The lowest BCUT2D eigenvalue weighted by Crippen LogP contribution is -2.61. The third-order valence-corrected chi connectivity index (χ3v) is 3.68. The number of ether oxygens (including phenoxy) is 6. The van der Waals surface area contributed by atoms with Gasteiger partial charge < -0.3 is 28.4 Å². The van der Waals surface area contributed by atoms with Crippen molar-refractivity contribution in [3.8, 4) is 0 Å². The van der Waals surface area contributed by atoms with Crippen molar-refractivity contribution in [2.45, 2.75) is 57.1 Å². The predicted molar refractivity (Wildman–Crippen MR) is 73.8 cm³/mol. The van der Waals surface area contributed by atoms with Crippen LogP contribution < -0.4 is 0 Å². The lowest BCUT2D eigenvalue weighted by Gasteiger charge is -2.45. The van der Waals surface area contributed by atoms with Gasteiger partial charge in [-0.25, -0.2) is 0 Å². The summed E-state index contributed by atoms with van der Waals surface area (Å²) >= 11 is 0. The third kappa shape index (κ3) is 4.13. The van der Waals surface area contributed by atoms with E-state index in [4.69, 9.17) is 28.4 Å². The number of hydrogen-bond acceptors (Lipinski definition) is 6. The molecular formula is C14H28O6. The summed E-state index contributed by atoms with van der Waals surface area (Å²) in [6.45, 7) is 4.48. The fourth-order valence-electron chi connectivity index (χ4n) is 2.41. The largest absolute Gasteiger partial charge is 0.382 e. The predicted octanol–water partition coefficient (Wildman–Crippen LogP) is 1.22. The van der Waals surface area contributed by atoms with E-state index in [1.165, 1.54) is 0 Å². The first-order valence-corrected chi connectivity index (χ1v) is 7.01. The molecule has 0 saturated carbocycles. The van der Waals surface area contributed by atoms with Crippen LogP contribution in [0.25, 0.3) is 0 Å². The molecule has 0 amide bonds. The topological polar surface area (TPSA) is 55.4 Å². The highest BCUT2D eigenvalue weighted by atomic mass is 16.7. The van der Waals surface area contributed by atoms with Gasteiger partial charge in [-0.3, -0.25) is 0 Å². The van der Waals surface area contributed by atoms with E-state index in [-0.39, 0.29) is 30.5 Å². The summed E-state index contributed by atoms with van der Waals surface area (Å²) in [6, 6.07) is 0. The zero-order chi connectivity index (χ0) is 15.1. The Kier molecular flexibility index (Phi) is 7.94. The highest BCUT2D eigenvalue weighted by molar-refractivity contribution is 4.92. The second kappa shape index (κ2) is 8.92. The Morgan fingerprint density at radius 1 is 0.950 bits per heavy atom. The first kappa shape index (κ1) is 17.8. The molecule has 1 heterocycles. The summed E-state index contributed by atoms with van der Waals surface area (Å²) in [4.78, 5) is 0. The minimum Gasteiger partial charge on any atom is -0.382 e. The monoisotopic (exact) mass is 292 g/mol. The molecule has 0 aromatic carbocycles. The summed E-state index contributed by atoms with van der Waals surface area (Å²) in [5.41, 5.74) is 0. The van der Waals surface area contributed by atoms with Crippen LogP contribution in [0.2, 0.25) is 0 Å². The number of rotatable bonds is 8. The fraction of sp³-hybridized carbons (Fsp3) is 1.00. The molecule has 0 aromatic heterocycles. The molecule has 6 nitrogen and oxygen atoms in total. The van der Waals surface area contributed by atoms with Crippen LogP contribution in [0.5, 0.6) is 0 Å². The van der Waals surface area contributed by atoms with Crippen LogP contribution in [0.15, 0.2) is 0 Å². The van der Waals surface area contributed by atoms with Gasteiger partial charge in [0.15, 0.2) is 6.29 Å². The van der Waals surface area contributed by atoms with Crippen molar-refractivity contribution in [2.75, 3.05) is 35.0 Å². The highest BCUT2D eigenvalue weighted by Gasteiger charge is 2.47. The van der Waals surface area contributed by atoms with Crippen LogP contribution in [0.3, 0.4) is 0 Å². The van der Waals surface area contributed by atoms with Gasteiger partial charge in [-0.1, -0.05) is 6.92 Å². The van der Waals surface area contributed by atoms with Gasteiger partial charge in [0.2, 0.25) is 0 Å². The Labute approximate surface area is 121 Å². The quantitative estimate of drug-likeness (QED) is 0.670. The van der Waals surface area contributed by atoms with Crippen molar-refractivity contribution in [3.63, 3.8) is 0 Å². The molecule has 6 atom stereocenters. The zero-order valence-electron chi connectivity index (χ0n) is 13.3. The molecule has 0 aromatic rings. The van der Waals surface area contributed by atoms with E-state index in [0.717, 1.165) is 6.42 Å². The van der Waals surface area contributed by atoms with Crippen LogP contribution in [0, 0.1) is 0 Å². The second-order valence-corrected chi connectivity index (χ2v) is 4.95. The summed E-state index contributed by atoms with van der Waals surface area (Å²) < 4.78 is 33.6. The lowest BCUT2D eigenvalue weighted by atomic mass is 9.98. The molecule has 1 rings (SSSR count). The van der Waals surface area contributed by atoms with Gasteiger partial charge >= 0.3 is 0 Å². The molecule has 1 aliphatic rings. The van der Waals surface area contributed by atoms with E-state index in [2.05, 4.69) is 6.92 Å². The maximum Gasteiger partial charge on any atom is 0.187 e. The molecule has 120 valence electrons. The Morgan fingerprint density at radius 2 is 1.55 bits per heavy atom. The minimum absolute atomic E-state index is 0.0810. The smallest absolute Gasteiger partial charge is 0.187 e. The normalized spacial score (nSPS) is 36.0. The van der Waals surface area contributed by atoms with Crippen LogP contribution in [-0.4, -0.2) is 71.9 Å². The van der Waals surface area contributed by atoms with E-state index < -0.39 is 6.29 Å². The number of methoxy groups -OCH3 is 4. The van der Waals surface area contributed by atoms with Crippen LogP contribution >= 0.6 is 0 Å². The average molecular weight is 292 g/mol. The van der Waals surface area contributed by atoms with Gasteiger partial charge in [-0.05, 0) is 13.3 Å². The Morgan fingerprint density at radius 3 is 2.00 bits per heavy atom. The Bertz CT molecular complexity index is 262. The molecule has 0 radical (unpaired) electrons. The SMILES string of the molecule is CCC(C)O[C@@H]1O[C@H](COC)[C@@H](OC)[C@H](OC)[C@@H]1OC. The van der Waals surface area contributed by atoms with Gasteiger partial charge in [-0.2, -0.15) is 0 Å². The summed E-state index contributed by atoms with van der Waals surface area (Å²) in [6.07, 6.45) is -0.641. The van der Waals surface area contributed by atoms with Gasteiger partial charge in [-0.15, -0.1) is 0 Å². The lowest BCUT2D eigenvalue weighted by molar-refractivity contribution is -0.321. The maximum atomic E-state index is 5.96. The molecule has 0 aliphatic carbocycles. The van der Waals surface area contributed by atoms with Crippen molar-refractivity contribution in [3.05, 3.63) is 0 Å². The minimum atomic E-state index is -0.494. The highest BCUT2D eigenvalue weighted by Crippen LogP contribution is 2.28. The molecule has 1 fully saturated rings. The zero-order valence-corrected chi connectivity index (χ0v) is 13.3. The molecule has 0 N–H and O–H groups in total. The molecule has 1 unspecified atom stereocenters. The second-order valence-electron chi connectivity index (χ2n) is 4.95. The van der Waals surface area contributed by atoms with Crippen LogP contribution in [-0.2, 0) is 28.4 Å². The average Bonchev–Trinajstić information content (AvgIpc) is 2.46. The Hall–Kier alpha value is -0.240. The first-order valence-electron chi connectivity index (χ1n) is 7.01. The van der Waals surface area contributed by atoms with Crippen LogP contribution in [0.4, 0.5) is 0 Å². The van der Waals surface area contributed by atoms with Crippen molar-refractivity contribution >= 4 is 0 Å². The summed E-state index contributed by atoms with van der Waals surface area (Å²) in [5.74, 6) is 0. The molecular weight excluding hydrogens is 264 g/mol. The van der Waals surface area contributed by atoms with Gasteiger partial charge in [0.25, 0.3) is 0 Å². The first-order chi connectivity index (χ1) is 9.62. The Balaban J connectivity index is 2.87. The van der Waals surface area contributed by atoms with E-state index in [1.54, 1.807) is 28.4 Å². The van der Waals surface area contributed by atoms with Crippen molar-refractivity contribution in [1.82, 2.24) is 0 Å². The van der Waals surface area contributed by atoms with Crippen LogP contribution in [0.1, 0.15) is 20.3 Å². The molecule has 20 heavy (non-hydrogen) atoms. The van der Waals surface area contributed by atoms with Gasteiger partial charge in [0.05, 0.1) is 12.7 Å². The molecule has 1 aliphatic heterocycles. The molecule has 0 spiro atoms. The van der Waals surface area contributed by atoms with Crippen molar-refractivity contribution < 1.29 is 28.4 Å². The molecule has 6 heteroatoms. The standard InChI is InChI=1S/C14H28O6/c1-7-9(2)19-14-13(18-6)12(17-5)11(16-4)10(20-14)8-15-3/h9-14H,7-8H2,1-6H3/t9?,10-,11-,12+,13+,14-/m1/s1. The van der Waals surface area contributed by atoms with E-state index in [0.29, 0.717) is 6.61 Å². The van der Waals surface area contributed by atoms with Gasteiger partial charge in [0.1, 0.15) is 24.4 Å². The fourth-order valence-corrected chi connectivity index (χ4v) is 2.41. The summed E-state index contributed by atoms with van der Waals surface area (Å²) in [5, 5.41) is 0. The van der Waals surface area contributed by atoms with Crippen molar-refractivity contribution in [1.29, 1.82) is 0 Å². The van der Waals surface area contributed by atoms with E-state index in [9.17, 15) is 0 Å². The summed E-state index contributed by atoms with van der Waals surface area (Å²) in [7, 11) is 6.52. The van der Waals surface area contributed by atoms with E-state index in [1.807, 2.05) is 6.92 Å². The van der Waals surface area contributed by atoms with E-state index >= 15 is 0 Å². The van der Waals surface area contributed by atoms with Gasteiger partial charge in [0, 0.05) is 28.4 Å². The maximum absolute atomic E-state index is 5.96. The van der Waals surface area contributed by atoms with Crippen molar-refractivity contribution in [2.24, 2.45) is 0 Å². The molecule has 1 saturated heterocycles.